The molecule has 0 bridgehead atoms. The van der Waals surface area contributed by atoms with E-state index in [0.29, 0.717) is 6.61 Å². The van der Waals surface area contributed by atoms with E-state index < -0.39 is 0 Å². The Hall–Kier alpha value is -1.65. The zero-order valence-electron chi connectivity index (χ0n) is 13.0. The third-order valence-corrected chi connectivity index (χ3v) is 4.09. The summed E-state index contributed by atoms with van der Waals surface area (Å²) in [5.74, 6) is 5.63. The first-order valence-electron chi connectivity index (χ1n) is 7.08. The fourth-order valence-electron chi connectivity index (χ4n) is 2.12. The van der Waals surface area contributed by atoms with E-state index in [9.17, 15) is 0 Å². The zero-order valence-corrected chi connectivity index (χ0v) is 13.8. The third kappa shape index (κ3) is 5.28. The second-order valence-electron chi connectivity index (χ2n) is 4.95. The van der Waals surface area contributed by atoms with Crippen LogP contribution in [0.15, 0.2) is 24.5 Å². The minimum atomic E-state index is -0.103. The van der Waals surface area contributed by atoms with E-state index in [4.69, 9.17) is 9.84 Å². The zero-order chi connectivity index (χ0) is 15.8. The number of aliphatic hydroxyl groups excluding tert-OH is 1. The average Bonchev–Trinajstić information content (AvgIpc) is 3.12. The number of aliphatic hydroxyl groups is 1. The highest BCUT2D eigenvalue weighted by atomic mass is 32.1. The lowest BCUT2D eigenvalue weighted by atomic mass is 10.3. The van der Waals surface area contributed by atoms with Crippen molar-refractivity contribution < 1.29 is 9.84 Å². The highest BCUT2D eigenvalue weighted by Crippen LogP contribution is 2.18. The molecule has 2 aromatic heterocycles. The highest BCUT2D eigenvalue weighted by Gasteiger charge is 2.10. The molecule has 0 saturated heterocycles. The van der Waals surface area contributed by atoms with E-state index >= 15 is 0 Å². The largest absolute Gasteiger partial charge is 0.384 e. The number of thiophene rings is 1. The van der Waals surface area contributed by atoms with Crippen LogP contribution in [-0.2, 0) is 24.9 Å². The van der Waals surface area contributed by atoms with Crippen LogP contribution in [0.2, 0.25) is 0 Å². The van der Waals surface area contributed by atoms with Crippen molar-refractivity contribution in [2.24, 2.45) is 7.05 Å². The van der Waals surface area contributed by atoms with Gasteiger partial charge in [-0.3, -0.25) is 9.58 Å². The van der Waals surface area contributed by atoms with Crippen LogP contribution in [0.3, 0.4) is 0 Å². The van der Waals surface area contributed by atoms with Gasteiger partial charge in [-0.25, -0.2) is 0 Å². The van der Waals surface area contributed by atoms with Crippen molar-refractivity contribution in [2.75, 3.05) is 26.9 Å². The molecule has 0 aliphatic rings. The molecule has 0 radical (unpaired) electrons. The number of aromatic nitrogens is 2. The predicted molar refractivity (Wildman–Crippen MR) is 87.5 cm³/mol. The molecule has 2 aromatic rings. The molecule has 0 atom stereocenters. The van der Waals surface area contributed by atoms with Gasteiger partial charge in [0.2, 0.25) is 0 Å². The van der Waals surface area contributed by atoms with Gasteiger partial charge in [0.15, 0.2) is 0 Å². The molecule has 0 unspecified atom stereocenters. The SMILES string of the molecule is COCCN(Cc1cnn(C)c1)Cc1ccc(C#CCO)s1. The van der Waals surface area contributed by atoms with Crippen LogP contribution >= 0.6 is 11.3 Å². The van der Waals surface area contributed by atoms with Gasteiger partial charge < -0.3 is 9.84 Å². The summed E-state index contributed by atoms with van der Waals surface area (Å²) in [4.78, 5) is 4.56. The molecule has 22 heavy (non-hydrogen) atoms. The van der Waals surface area contributed by atoms with E-state index in [-0.39, 0.29) is 6.61 Å². The Morgan fingerprint density at radius 1 is 1.41 bits per heavy atom. The predicted octanol–water partition coefficient (Wildman–Crippen LogP) is 1.47. The molecule has 6 heteroatoms. The Morgan fingerprint density at radius 3 is 2.95 bits per heavy atom. The lowest BCUT2D eigenvalue weighted by Gasteiger charge is -2.20. The van der Waals surface area contributed by atoms with Gasteiger partial charge in [-0.1, -0.05) is 11.8 Å². The number of methoxy groups -OCH3 is 1. The minimum Gasteiger partial charge on any atom is -0.384 e. The van der Waals surface area contributed by atoms with Crippen molar-refractivity contribution in [1.29, 1.82) is 0 Å². The number of hydrogen-bond acceptors (Lipinski definition) is 5. The molecular formula is C16H21N3O2S. The summed E-state index contributed by atoms with van der Waals surface area (Å²) in [5.41, 5.74) is 1.19. The van der Waals surface area contributed by atoms with Crippen molar-refractivity contribution >= 4 is 11.3 Å². The van der Waals surface area contributed by atoms with Gasteiger partial charge in [-0.2, -0.15) is 5.10 Å². The fraction of sp³-hybridized carbons (Fsp3) is 0.438. The quantitative estimate of drug-likeness (QED) is 0.785. The molecule has 0 saturated carbocycles. The molecule has 0 spiro atoms. The first-order chi connectivity index (χ1) is 10.7. The third-order valence-electron chi connectivity index (χ3n) is 3.11. The molecule has 2 rings (SSSR count). The van der Waals surface area contributed by atoms with Crippen molar-refractivity contribution in [3.63, 3.8) is 0 Å². The normalized spacial score (nSPS) is 10.7. The molecule has 0 amide bonds. The summed E-state index contributed by atoms with van der Waals surface area (Å²) >= 11 is 1.66. The average molecular weight is 319 g/mol. The van der Waals surface area contributed by atoms with E-state index in [1.165, 1.54) is 10.4 Å². The summed E-state index contributed by atoms with van der Waals surface area (Å²) in [6.45, 7) is 3.15. The van der Waals surface area contributed by atoms with Crippen LogP contribution in [0.1, 0.15) is 15.3 Å². The summed E-state index contributed by atoms with van der Waals surface area (Å²) in [7, 11) is 3.64. The first-order valence-corrected chi connectivity index (χ1v) is 7.90. The number of hydrogen-bond donors (Lipinski definition) is 1. The lowest BCUT2D eigenvalue weighted by Crippen LogP contribution is -2.26. The van der Waals surface area contributed by atoms with Gasteiger partial charge in [0.1, 0.15) is 6.61 Å². The van der Waals surface area contributed by atoms with Gasteiger partial charge >= 0.3 is 0 Å². The maximum absolute atomic E-state index is 8.74. The van der Waals surface area contributed by atoms with Gasteiger partial charge in [0.05, 0.1) is 17.7 Å². The van der Waals surface area contributed by atoms with Gasteiger partial charge in [-0.15, -0.1) is 11.3 Å². The highest BCUT2D eigenvalue weighted by molar-refractivity contribution is 7.12. The maximum Gasteiger partial charge on any atom is 0.104 e. The molecule has 1 N–H and O–H groups in total. The van der Waals surface area contributed by atoms with E-state index in [1.807, 2.05) is 30.2 Å². The standard InChI is InChI=1S/C16H21N3O2S/c1-18-11-14(10-17-18)12-19(7-9-21-2)13-16-6-5-15(22-16)4-3-8-20/h5-6,10-11,20H,7-9,12-13H2,1-2H3. The van der Waals surface area contributed by atoms with Crippen molar-refractivity contribution in [1.82, 2.24) is 14.7 Å². The van der Waals surface area contributed by atoms with Crippen LogP contribution in [0.25, 0.3) is 0 Å². The van der Waals surface area contributed by atoms with Gasteiger partial charge in [0.25, 0.3) is 0 Å². The molecular weight excluding hydrogens is 298 g/mol. The molecule has 118 valence electrons. The smallest absolute Gasteiger partial charge is 0.104 e. The number of nitrogens with zero attached hydrogens (tertiary/aromatic N) is 3. The first kappa shape index (κ1) is 16.7. The monoisotopic (exact) mass is 319 g/mol. The summed E-state index contributed by atoms with van der Waals surface area (Å²) in [5, 5.41) is 13.0. The van der Waals surface area contributed by atoms with Crippen LogP contribution in [0.4, 0.5) is 0 Å². The summed E-state index contributed by atoms with van der Waals surface area (Å²) in [6.07, 6.45) is 3.93. The van der Waals surface area contributed by atoms with E-state index in [1.54, 1.807) is 18.4 Å². The molecule has 5 nitrogen and oxygen atoms in total. The second kappa shape index (κ2) is 8.71. The topological polar surface area (TPSA) is 50.5 Å². The van der Waals surface area contributed by atoms with Gasteiger partial charge in [0, 0.05) is 50.4 Å². The van der Waals surface area contributed by atoms with E-state index in [0.717, 1.165) is 24.5 Å². The van der Waals surface area contributed by atoms with Gasteiger partial charge in [-0.05, 0) is 12.1 Å². The van der Waals surface area contributed by atoms with Crippen LogP contribution < -0.4 is 0 Å². The molecule has 0 aliphatic carbocycles. The Bertz CT molecular complexity index is 639. The summed E-state index contributed by atoms with van der Waals surface area (Å²) < 4.78 is 7.02. The Kier molecular flexibility index (Phi) is 6.62. The Balaban J connectivity index is 2.00. The number of ether oxygens (including phenoxy) is 1. The molecule has 2 heterocycles. The minimum absolute atomic E-state index is 0.103. The van der Waals surface area contributed by atoms with Crippen LogP contribution in [-0.4, -0.2) is 46.7 Å². The van der Waals surface area contributed by atoms with Crippen molar-refractivity contribution in [3.8, 4) is 11.8 Å². The maximum atomic E-state index is 8.74. The van der Waals surface area contributed by atoms with E-state index in [2.05, 4.69) is 27.9 Å². The summed E-state index contributed by atoms with van der Waals surface area (Å²) in [6, 6.07) is 4.09. The molecule has 0 aliphatic heterocycles. The lowest BCUT2D eigenvalue weighted by molar-refractivity contribution is 0.140. The van der Waals surface area contributed by atoms with Crippen LogP contribution in [0.5, 0.6) is 0 Å². The Morgan fingerprint density at radius 2 is 2.27 bits per heavy atom. The number of aryl methyl sites for hydroxylation is 1. The number of rotatable bonds is 7. The van der Waals surface area contributed by atoms with Crippen molar-refractivity contribution in [2.45, 2.75) is 13.1 Å². The second-order valence-corrected chi connectivity index (χ2v) is 6.12. The molecule has 0 aromatic carbocycles. The molecule has 0 fully saturated rings. The van der Waals surface area contributed by atoms with Crippen LogP contribution in [0, 0.1) is 11.8 Å². The van der Waals surface area contributed by atoms with Crippen molar-refractivity contribution in [3.05, 3.63) is 39.8 Å². The fourth-order valence-corrected chi connectivity index (χ4v) is 3.05. The Labute approximate surface area is 135 Å².